The van der Waals surface area contributed by atoms with Crippen LogP contribution in [0.2, 0.25) is 0 Å². The third-order valence-electron chi connectivity index (χ3n) is 4.76. The Labute approximate surface area is 203 Å². The number of nitrogens with zero attached hydrogens (tertiary/aromatic N) is 2. The van der Waals surface area contributed by atoms with Crippen LogP contribution in [-0.4, -0.2) is 11.9 Å². The van der Waals surface area contributed by atoms with Gasteiger partial charge in [-0.25, -0.2) is 9.59 Å². The Bertz CT molecular complexity index is 1300. The van der Waals surface area contributed by atoms with Crippen LogP contribution in [0.4, 0.5) is 0 Å². The summed E-state index contributed by atoms with van der Waals surface area (Å²) in [5, 5.41) is 17.7. The minimum absolute atomic E-state index is 0.117. The summed E-state index contributed by atoms with van der Waals surface area (Å²) in [5.74, 6) is -0.863. The van der Waals surface area contributed by atoms with Gasteiger partial charge in [0.05, 0.1) is 23.3 Å². The smallest absolute Gasteiger partial charge is 0.348 e. The van der Waals surface area contributed by atoms with Crippen molar-refractivity contribution in [3.05, 3.63) is 105 Å². The molecule has 2 heterocycles. The summed E-state index contributed by atoms with van der Waals surface area (Å²) in [4.78, 5) is 27.4. The Balaban J connectivity index is 1.33. The molecule has 4 rings (SSSR count). The molecule has 0 radical (unpaired) electrons. The molecule has 2 aromatic heterocycles. The quantitative estimate of drug-likeness (QED) is 0.301. The number of ether oxygens (including phenoxy) is 2. The lowest BCUT2D eigenvalue weighted by Crippen LogP contribution is -2.03. The first-order valence-electron chi connectivity index (χ1n) is 10.1. The fraction of sp³-hybridized carbons (Fsp3) is 0.0769. The number of carbonyl (C=O) groups excluding carboxylic acids is 2. The minimum Gasteiger partial charge on any atom is -0.457 e. The Kier molecular flexibility index (Phi) is 7.14. The number of rotatable bonds is 7. The summed E-state index contributed by atoms with van der Waals surface area (Å²) in [7, 11) is 0. The molecule has 0 fully saturated rings. The van der Waals surface area contributed by atoms with E-state index in [2.05, 4.69) is 0 Å². The first kappa shape index (κ1) is 22.9. The highest BCUT2D eigenvalue weighted by Gasteiger charge is 2.16. The summed E-state index contributed by atoms with van der Waals surface area (Å²) < 4.78 is 10.7. The molecule has 166 valence electrons. The largest absolute Gasteiger partial charge is 0.457 e. The van der Waals surface area contributed by atoms with Gasteiger partial charge in [0.25, 0.3) is 0 Å². The van der Waals surface area contributed by atoms with Gasteiger partial charge in [0, 0.05) is 9.75 Å². The molecule has 0 aliphatic heterocycles. The van der Waals surface area contributed by atoms with E-state index in [4.69, 9.17) is 20.0 Å². The van der Waals surface area contributed by atoms with Gasteiger partial charge >= 0.3 is 11.9 Å². The summed E-state index contributed by atoms with van der Waals surface area (Å²) in [6.45, 7) is 0.234. The van der Waals surface area contributed by atoms with Gasteiger partial charge in [-0.3, -0.25) is 0 Å². The van der Waals surface area contributed by atoms with Gasteiger partial charge in [0.2, 0.25) is 0 Å². The molecular weight excluding hydrogens is 468 g/mol. The molecule has 0 bridgehead atoms. The molecule has 34 heavy (non-hydrogen) atoms. The zero-order valence-corrected chi connectivity index (χ0v) is 19.3. The van der Waals surface area contributed by atoms with Crippen molar-refractivity contribution in [1.82, 2.24) is 0 Å². The van der Waals surface area contributed by atoms with Crippen molar-refractivity contribution >= 4 is 34.6 Å². The molecule has 2 aromatic carbocycles. The van der Waals surface area contributed by atoms with Crippen LogP contribution in [0.25, 0.3) is 9.75 Å². The number of hydrogen-bond acceptors (Lipinski definition) is 8. The van der Waals surface area contributed by atoms with Gasteiger partial charge in [-0.05, 0) is 59.7 Å². The average Bonchev–Trinajstić information content (AvgIpc) is 3.57. The zero-order chi connectivity index (χ0) is 23.9. The standard InChI is InChI=1S/C26H16N2O4S2/c27-13-17-1-5-19(6-2-17)15-31-25(29)23-11-9-21(33-23)22-10-12-24(34-22)26(30)32-16-20-7-3-18(14-28)4-8-20/h1-12H,15-16H2. The average molecular weight is 485 g/mol. The second kappa shape index (κ2) is 10.6. The van der Waals surface area contributed by atoms with E-state index in [1.807, 2.05) is 24.3 Å². The zero-order valence-electron chi connectivity index (χ0n) is 17.7. The van der Waals surface area contributed by atoms with Crippen LogP contribution in [0.5, 0.6) is 0 Å². The minimum atomic E-state index is -0.431. The maximum atomic E-state index is 12.4. The fourth-order valence-corrected chi connectivity index (χ4v) is 4.84. The summed E-state index contributed by atoms with van der Waals surface area (Å²) >= 11 is 2.58. The molecule has 0 saturated carbocycles. The highest BCUT2D eigenvalue weighted by Crippen LogP contribution is 2.34. The number of thiophene rings is 2. The van der Waals surface area contributed by atoms with Crippen LogP contribution in [0.1, 0.15) is 41.6 Å². The van der Waals surface area contributed by atoms with Crippen molar-refractivity contribution in [2.75, 3.05) is 0 Å². The second-order valence-corrected chi connectivity index (χ2v) is 9.27. The predicted molar refractivity (Wildman–Crippen MR) is 128 cm³/mol. The topological polar surface area (TPSA) is 100 Å². The van der Waals surface area contributed by atoms with E-state index in [1.54, 1.807) is 60.7 Å². The van der Waals surface area contributed by atoms with Crippen molar-refractivity contribution < 1.29 is 19.1 Å². The van der Waals surface area contributed by atoms with Gasteiger partial charge < -0.3 is 9.47 Å². The Morgan fingerprint density at radius 1 is 0.618 bits per heavy atom. The summed E-state index contributed by atoms with van der Waals surface area (Å²) in [5.41, 5.74) is 2.69. The van der Waals surface area contributed by atoms with Crippen LogP contribution in [0.3, 0.4) is 0 Å². The van der Waals surface area contributed by atoms with E-state index in [0.29, 0.717) is 20.9 Å². The maximum absolute atomic E-state index is 12.4. The lowest BCUT2D eigenvalue weighted by Gasteiger charge is -2.03. The number of benzene rings is 2. The number of nitriles is 2. The van der Waals surface area contributed by atoms with E-state index in [9.17, 15) is 9.59 Å². The van der Waals surface area contributed by atoms with Crippen molar-refractivity contribution in [1.29, 1.82) is 10.5 Å². The van der Waals surface area contributed by atoms with Gasteiger partial charge in [-0.1, -0.05) is 24.3 Å². The summed E-state index contributed by atoms with van der Waals surface area (Å²) in [6.07, 6.45) is 0. The highest BCUT2D eigenvalue weighted by atomic mass is 32.1. The molecule has 0 spiro atoms. The van der Waals surface area contributed by atoms with E-state index in [0.717, 1.165) is 20.9 Å². The van der Waals surface area contributed by atoms with Crippen LogP contribution >= 0.6 is 22.7 Å². The molecule has 0 aliphatic rings. The van der Waals surface area contributed by atoms with Crippen LogP contribution in [0.15, 0.2) is 72.8 Å². The van der Waals surface area contributed by atoms with Gasteiger partial charge in [0.15, 0.2) is 0 Å². The highest BCUT2D eigenvalue weighted by molar-refractivity contribution is 7.23. The number of hydrogen-bond donors (Lipinski definition) is 0. The van der Waals surface area contributed by atoms with Gasteiger partial charge in [-0.2, -0.15) is 10.5 Å². The molecule has 0 unspecified atom stereocenters. The molecule has 0 aliphatic carbocycles. The van der Waals surface area contributed by atoms with E-state index < -0.39 is 11.9 Å². The predicted octanol–water partition coefficient (Wildman–Crippen LogP) is 5.93. The van der Waals surface area contributed by atoms with Gasteiger partial charge in [0.1, 0.15) is 23.0 Å². The van der Waals surface area contributed by atoms with Crippen molar-refractivity contribution in [2.24, 2.45) is 0 Å². The molecule has 4 aromatic rings. The third-order valence-corrected chi connectivity index (χ3v) is 7.09. The van der Waals surface area contributed by atoms with E-state index >= 15 is 0 Å². The summed E-state index contributed by atoms with van der Waals surface area (Å²) in [6, 6.07) is 24.8. The maximum Gasteiger partial charge on any atom is 0.348 e. The van der Waals surface area contributed by atoms with Crippen molar-refractivity contribution in [3.8, 4) is 21.9 Å². The molecule has 6 nitrogen and oxygen atoms in total. The lowest BCUT2D eigenvalue weighted by molar-refractivity contribution is 0.0469. The molecule has 0 atom stereocenters. The molecule has 0 saturated heterocycles. The molecule has 0 N–H and O–H groups in total. The first-order chi connectivity index (χ1) is 16.6. The SMILES string of the molecule is N#Cc1ccc(COC(=O)c2ccc(-c3ccc(C(=O)OCc4ccc(C#N)cc4)s3)s2)cc1. The monoisotopic (exact) mass is 484 g/mol. The van der Waals surface area contributed by atoms with Crippen molar-refractivity contribution in [2.45, 2.75) is 13.2 Å². The van der Waals surface area contributed by atoms with Gasteiger partial charge in [-0.15, -0.1) is 22.7 Å². The van der Waals surface area contributed by atoms with Crippen LogP contribution < -0.4 is 0 Å². The van der Waals surface area contributed by atoms with Crippen LogP contribution in [-0.2, 0) is 22.7 Å². The Morgan fingerprint density at radius 3 is 1.35 bits per heavy atom. The molecular formula is C26H16N2O4S2. The van der Waals surface area contributed by atoms with Crippen molar-refractivity contribution in [3.63, 3.8) is 0 Å². The molecule has 0 amide bonds. The first-order valence-corrected chi connectivity index (χ1v) is 11.7. The van der Waals surface area contributed by atoms with E-state index in [-0.39, 0.29) is 13.2 Å². The second-order valence-electron chi connectivity index (χ2n) is 7.10. The Hall–Kier alpha value is -4.24. The molecule has 8 heteroatoms. The normalized spacial score (nSPS) is 10.2. The Morgan fingerprint density at radius 2 is 1.00 bits per heavy atom. The number of carbonyl (C=O) groups is 2. The lowest BCUT2D eigenvalue weighted by atomic mass is 10.2. The van der Waals surface area contributed by atoms with Crippen LogP contribution in [0, 0.1) is 22.7 Å². The van der Waals surface area contributed by atoms with E-state index in [1.165, 1.54) is 22.7 Å². The third kappa shape index (κ3) is 5.57. The number of esters is 2. The fourth-order valence-electron chi connectivity index (χ4n) is 2.95.